The van der Waals surface area contributed by atoms with E-state index in [0.717, 1.165) is 35.6 Å². The Bertz CT molecular complexity index is 919. The molecule has 8 heteroatoms. The summed E-state index contributed by atoms with van der Waals surface area (Å²) in [5.74, 6) is 1.64. The zero-order valence-electron chi connectivity index (χ0n) is 14.4. The average molecular weight is 349 g/mol. The summed E-state index contributed by atoms with van der Waals surface area (Å²) in [6.07, 6.45) is 4.96. The molecule has 0 bridgehead atoms. The number of aromatic nitrogens is 5. The first kappa shape index (κ1) is 16.2. The van der Waals surface area contributed by atoms with E-state index in [1.165, 1.54) is 0 Å². The number of aryl methyl sites for hydroxylation is 2. The van der Waals surface area contributed by atoms with Crippen molar-refractivity contribution in [3.63, 3.8) is 0 Å². The van der Waals surface area contributed by atoms with E-state index in [4.69, 9.17) is 0 Å². The quantitative estimate of drug-likeness (QED) is 0.755. The normalized spacial score (nSPS) is 16.0. The van der Waals surface area contributed by atoms with Crippen LogP contribution in [0.2, 0.25) is 0 Å². The Morgan fingerprint density at radius 2 is 2.04 bits per heavy atom. The summed E-state index contributed by atoms with van der Waals surface area (Å²) in [4.78, 5) is 25.1. The van der Waals surface area contributed by atoms with Crippen molar-refractivity contribution in [2.45, 2.75) is 32.4 Å². The molecule has 2 N–H and O–H groups in total. The van der Waals surface area contributed by atoms with Gasteiger partial charge in [-0.25, -0.2) is 24.4 Å². The molecule has 3 heterocycles. The highest BCUT2D eigenvalue weighted by Gasteiger charge is 2.21. The molecule has 0 fully saturated rings. The van der Waals surface area contributed by atoms with Gasteiger partial charge in [-0.15, -0.1) is 0 Å². The molecule has 132 valence electrons. The van der Waals surface area contributed by atoms with Gasteiger partial charge in [-0.1, -0.05) is 0 Å². The van der Waals surface area contributed by atoms with Gasteiger partial charge in [0.15, 0.2) is 5.82 Å². The molecule has 1 aromatic carbocycles. The van der Waals surface area contributed by atoms with Crippen LogP contribution in [0, 0.1) is 6.92 Å². The van der Waals surface area contributed by atoms with Crippen molar-refractivity contribution in [3.8, 4) is 11.4 Å². The molecule has 8 nitrogen and oxygen atoms in total. The summed E-state index contributed by atoms with van der Waals surface area (Å²) in [7, 11) is 0. The molecular weight excluding hydrogens is 330 g/mol. The predicted octanol–water partition coefficient (Wildman–Crippen LogP) is 2.18. The van der Waals surface area contributed by atoms with Crippen molar-refractivity contribution in [2.75, 3.05) is 5.32 Å². The smallest absolute Gasteiger partial charge is 0.319 e. The van der Waals surface area contributed by atoms with Gasteiger partial charge in [0, 0.05) is 29.6 Å². The van der Waals surface area contributed by atoms with Crippen LogP contribution in [0.5, 0.6) is 0 Å². The standard InChI is InChI=1S/C18H19N7O/c1-12-8-9-19-17(22-12)13-2-4-14(5-3-13)23-18(26)24-15-6-7-16-20-11-21-25(16)10-15/h2-5,8-9,11,15H,6-7,10H2,1H3,(H2,23,24,26)/t15-/m1/s1. The van der Waals surface area contributed by atoms with Crippen molar-refractivity contribution >= 4 is 11.7 Å². The topological polar surface area (TPSA) is 97.6 Å². The summed E-state index contributed by atoms with van der Waals surface area (Å²) in [6.45, 7) is 2.57. The molecule has 0 saturated heterocycles. The lowest BCUT2D eigenvalue weighted by molar-refractivity contribution is 0.243. The number of fused-ring (bicyclic) bond motifs is 1. The first-order valence-electron chi connectivity index (χ1n) is 8.52. The number of amides is 2. The number of hydrogen-bond donors (Lipinski definition) is 2. The van der Waals surface area contributed by atoms with Gasteiger partial charge in [-0.05, 0) is 43.7 Å². The number of carbonyl (C=O) groups is 1. The fourth-order valence-electron chi connectivity index (χ4n) is 3.00. The first-order valence-corrected chi connectivity index (χ1v) is 8.52. The Kier molecular flexibility index (Phi) is 4.30. The van der Waals surface area contributed by atoms with E-state index in [0.29, 0.717) is 12.4 Å². The molecule has 2 aromatic heterocycles. The minimum absolute atomic E-state index is 0.0455. The number of nitrogens with zero attached hydrogens (tertiary/aromatic N) is 5. The lowest BCUT2D eigenvalue weighted by Gasteiger charge is -2.23. The van der Waals surface area contributed by atoms with Gasteiger partial charge in [0.1, 0.15) is 12.2 Å². The number of benzene rings is 1. The maximum atomic E-state index is 12.2. The Morgan fingerprint density at radius 3 is 2.85 bits per heavy atom. The third kappa shape index (κ3) is 3.53. The second kappa shape index (κ2) is 6.91. The van der Waals surface area contributed by atoms with Crippen molar-refractivity contribution in [1.29, 1.82) is 0 Å². The van der Waals surface area contributed by atoms with Crippen molar-refractivity contribution in [3.05, 3.63) is 54.4 Å². The number of rotatable bonds is 3. The van der Waals surface area contributed by atoms with Crippen LogP contribution in [-0.4, -0.2) is 36.8 Å². The highest BCUT2D eigenvalue weighted by atomic mass is 16.2. The molecule has 1 aliphatic rings. The molecule has 4 rings (SSSR count). The number of nitrogens with one attached hydrogen (secondary N) is 2. The van der Waals surface area contributed by atoms with Crippen molar-refractivity contribution < 1.29 is 4.79 Å². The van der Waals surface area contributed by atoms with E-state index < -0.39 is 0 Å². The summed E-state index contributed by atoms with van der Waals surface area (Å²) in [6, 6.07) is 9.16. The van der Waals surface area contributed by atoms with Gasteiger partial charge < -0.3 is 10.6 Å². The van der Waals surface area contributed by atoms with Crippen LogP contribution in [0.4, 0.5) is 10.5 Å². The van der Waals surface area contributed by atoms with Crippen LogP contribution in [0.1, 0.15) is 17.9 Å². The van der Waals surface area contributed by atoms with E-state index >= 15 is 0 Å². The SMILES string of the molecule is Cc1ccnc(-c2ccc(NC(=O)N[C@@H]3CCc4ncnn4C3)cc2)n1. The van der Waals surface area contributed by atoms with Crippen LogP contribution in [0.3, 0.4) is 0 Å². The Labute approximate surface area is 150 Å². The molecule has 0 saturated carbocycles. The monoisotopic (exact) mass is 349 g/mol. The summed E-state index contributed by atoms with van der Waals surface area (Å²) in [5, 5.41) is 10.0. The molecule has 0 spiro atoms. The maximum Gasteiger partial charge on any atom is 0.319 e. The summed E-state index contributed by atoms with van der Waals surface area (Å²) >= 11 is 0. The van der Waals surface area contributed by atoms with Gasteiger partial charge in [0.25, 0.3) is 0 Å². The minimum Gasteiger partial charge on any atom is -0.333 e. The molecule has 2 amide bonds. The zero-order valence-corrected chi connectivity index (χ0v) is 14.4. The number of hydrogen-bond acceptors (Lipinski definition) is 5. The van der Waals surface area contributed by atoms with Gasteiger partial charge in [0.05, 0.1) is 12.6 Å². The number of urea groups is 1. The molecule has 0 aliphatic carbocycles. The van der Waals surface area contributed by atoms with Crippen molar-refractivity contribution in [2.24, 2.45) is 0 Å². The third-order valence-corrected chi connectivity index (χ3v) is 4.34. The largest absolute Gasteiger partial charge is 0.333 e. The van der Waals surface area contributed by atoms with E-state index in [1.807, 2.05) is 41.9 Å². The predicted molar refractivity (Wildman–Crippen MR) is 96.5 cm³/mol. The van der Waals surface area contributed by atoms with Gasteiger partial charge in [0.2, 0.25) is 0 Å². The highest BCUT2D eigenvalue weighted by Crippen LogP contribution is 2.18. The van der Waals surface area contributed by atoms with E-state index in [2.05, 4.69) is 30.7 Å². The van der Waals surface area contributed by atoms with Crippen LogP contribution in [0.25, 0.3) is 11.4 Å². The minimum atomic E-state index is -0.224. The number of carbonyl (C=O) groups excluding carboxylic acids is 1. The molecule has 0 unspecified atom stereocenters. The van der Waals surface area contributed by atoms with Crippen molar-refractivity contribution in [1.82, 2.24) is 30.0 Å². The summed E-state index contributed by atoms with van der Waals surface area (Å²) < 4.78 is 1.84. The van der Waals surface area contributed by atoms with Crippen LogP contribution >= 0.6 is 0 Å². The summed E-state index contributed by atoms with van der Waals surface area (Å²) in [5.41, 5.74) is 2.54. The molecule has 3 aromatic rings. The van der Waals surface area contributed by atoms with E-state index in [-0.39, 0.29) is 12.1 Å². The Hall–Kier alpha value is -3.29. The van der Waals surface area contributed by atoms with E-state index in [9.17, 15) is 4.79 Å². The lowest BCUT2D eigenvalue weighted by atomic mass is 10.1. The molecule has 1 atom stereocenters. The van der Waals surface area contributed by atoms with Crippen LogP contribution in [0.15, 0.2) is 42.9 Å². The van der Waals surface area contributed by atoms with E-state index in [1.54, 1.807) is 12.5 Å². The third-order valence-electron chi connectivity index (χ3n) is 4.34. The average Bonchev–Trinajstić information content (AvgIpc) is 3.10. The second-order valence-corrected chi connectivity index (χ2v) is 6.29. The second-order valence-electron chi connectivity index (χ2n) is 6.29. The fourth-order valence-corrected chi connectivity index (χ4v) is 3.00. The molecular formula is C18H19N7O. The fraction of sp³-hybridized carbons (Fsp3) is 0.278. The van der Waals surface area contributed by atoms with Gasteiger partial charge in [-0.2, -0.15) is 5.10 Å². The van der Waals surface area contributed by atoms with Gasteiger partial charge >= 0.3 is 6.03 Å². The van der Waals surface area contributed by atoms with Crippen LogP contribution < -0.4 is 10.6 Å². The maximum absolute atomic E-state index is 12.2. The number of anilines is 1. The van der Waals surface area contributed by atoms with Crippen LogP contribution in [-0.2, 0) is 13.0 Å². The highest BCUT2D eigenvalue weighted by molar-refractivity contribution is 5.89. The Balaban J connectivity index is 1.36. The first-order chi connectivity index (χ1) is 12.7. The Morgan fingerprint density at radius 1 is 1.19 bits per heavy atom. The lowest BCUT2D eigenvalue weighted by Crippen LogP contribution is -2.43. The molecule has 26 heavy (non-hydrogen) atoms. The molecule has 1 aliphatic heterocycles. The van der Waals surface area contributed by atoms with Gasteiger partial charge in [-0.3, -0.25) is 0 Å². The molecule has 0 radical (unpaired) electrons. The zero-order chi connectivity index (χ0) is 17.9.